The van der Waals surface area contributed by atoms with Crippen LogP contribution in [0.5, 0.6) is 0 Å². The van der Waals surface area contributed by atoms with Crippen LogP contribution < -0.4 is 0 Å². The Hall–Kier alpha value is -1.42. The van der Waals surface area contributed by atoms with Gasteiger partial charge in [0, 0.05) is 6.42 Å². The van der Waals surface area contributed by atoms with Gasteiger partial charge in [0.1, 0.15) is 5.82 Å². The molecule has 0 amide bonds. The van der Waals surface area contributed by atoms with Gasteiger partial charge in [0.25, 0.3) is 0 Å². The zero-order valence-corrected chi connectivity index (χ0v) is 6.94. The molecule has 0 aromatic carbocycles. The maximum Gasteiger partial charge on any atom is 0.199 e. The van der Waals surface area contributed by atoms with E-state index in [1.807, 2.05) is 0 Å². The third kappa shape index (κ3) is 1.29. The lowest BCUT2D eigenvalue weighted by molar-refractivity contribution is 0.295. The minimum absolute atomic E-state index is 0.0204. The first-order valence-corrected chi connectivity index (χ1v) is 4.04. The molecule has 1 N–H and O–H groups in total. The number of aromatic nitrogens is 2. The molecule has 0 aliphatic carbocycles. The molecule has 0 radical (unpaired) electrons. The van der Waals surface area contributed by atoms with E-state index in [4.69, 9.17) is 5.11 Å². The fraction of sp³-hybridized carbons (Fsp3) is 0.222. The fourth-order valence-corrected chi connectivity index (χ4v) is 1.35. The minimum atomic E-state index is -0.349. The van der Waals surface area contributed by atoms with Gasteiger partial charge in [0.15, 0.2) is 5.95 Å². The summed E-state index contributed by atoms with van der Waals surface area (Å²) in [5.74, 6) is 0.203. The van der Waals surface area contributed by atoms with E-state index >= 15 is 0 Å². The first-order valence-electron chi connectivity index (χ1n) is 4.04. The monoisotopic (exact) mass is 180 g/mol. The normalized spacial score (nSPS) is 10.9. The van der Waals surface area contributed by atoms with Crippen LogP contribution in [0.15, 0.2) is 24.4 Å². The van der Waals surface area contributed by atoms with Crippen LogP contribution in [0.1, 0.15) is 5.82 Å². The van der Waals surface area contributed by atoms with Gasteiger partial charge in [-0.25, -0.2) is 4.98 Å². The van der Waals surface area contributed by atoms with E-state index in [-0.39, 0.29) is 12.6 Å². The van der Waals surface area contributed by atoms with E-state index in [0.29, 0.717) is 17.8 Å². The molecular weight excluding hydrogens is 171 g/mol. The molecule has 2 aromatic rings. The molecule has 3 nitrogen and oxygen atoms in total. The SMILES string of the molecule is OCCc1ncc2cccc(F)n12. The van der Waals surface area contributed by atoms with Gasteiger partial charge >= 0.3 is 0 Å². The van der Waals surface area contributed by atoms with E-state index in [1.165, 1.54) is 10.5 Å². The first-order chi connectivity index (χ1) is 6.33. The Bertz CT molecular complexity index is 424. The summed E-state index contributed by atoms with van der Waals surface area (Å²) < 4.78 is 14.6. The Morgan fingerprint density at radius 1 is 1.46 bits per heavy atom. The predicted molar refractivity (Wildman–Crippen MR) is 45.9 cm³/mol. The molecule has 13 heavy (non-hydrogen) atoms. The number of hydrogen-bond donors (Lipinski definition) is 1. The Morgan fingerprint density at radius 3 is 3.08 bits per heavy atom. The van der Waals surface area contributed by atoms with Crippen molar-refractivity contribution in [2.24, 2.45) is 0 Å². The second kappa shape index (κ2) is 3.14. The number of hydrogen-bond acceptors (Lipinski definition) is 2. The topological polar surface area (TPSA) is 37.5 Å². The molecule has 0 saturated carbocycles. The maximum absolute atomic E-state index is 13.2. The zero-order chi connectivity index (χ0) is 9.26. The number of fused-ring (bicyclic) bond motifs is 1. The van der Waals surface area contributed by atoms with Crippen molar-refractivity contribution in [3.8, 4) is 0 Å². The van der Waals surface area contributed by atoms with Crippen molar-refractivity contribution in [2.75, 3.05) is 6.61 Å². The van der Waals surface area contributed by atoms with Gasteiger partial charge in [-0.15, -0.1) is 0 Å². The lowest BCUT2D eigenvalue weighted by Crippen LogP contribution is -2.01. The minimum Gasteiger partial charge on any atom is -0.396 e. The van der Waals surface area contributed by atoms with Crippen molar-refractivity contribution in [1.82, 2.24) is 9.38 Å². The van der Waals surface area contributed by atoms with E-state index < -0.39 is 0 Å². The van der Waals surface area contributed by atoms with E-state index in [9.17, 15) is 4.39 Å². The molecule has 2 aromatic heterocycles. The standard InChI is InChI=1S/C9H9FN2O/c10-8-3-1-2-7-6-11-9(4-5-13)12(7)8/h1-3,6,13H,4-5H2. The highest BCUT2D eigenvalue weighted by molar-refractivity contribution is 5.45. The van der Waals surface area contributed by atoms with E-state index in [1.54, 1.807) is 18.3 Å². The van der Waals surface area contributed by atoms with Crippen LogP contribution in [0, 0.1) is 5.95 Å². The van der Waals surface area contributed by atoms with Crippen molar-refractivity contribution in [1.29, 1.82) is 0 Å². The average molecular weight is 180 g/mol. The molecule has 0 atom stereocenters. The van der Waals surface area contributed by atoms with Crippen LogP contribution in [0.2, 0.25) is 0 Å². The van der Waals surface area contributed by atoms with Crippen molar-refractivity contribution in [2.45, 2.75) is 6.42 Å². The molecule has 0 bridgehead atoms. The summed E-state index contributed by atoms with van der Waals surface area (Å²) >= 11 is 0. The third-order valence-corrected chi connectivity index (χ3v) is 1.91. The highest BCUT2D eigenvalue weighted by Crippen LogP contribution is 2.09. The molecule has 0 fully saturated rings. The quantitative estimate of drug-likeness (QED) is 0.700. The number of aliphatic hydroxyl groups is 1. The van der Waals surface area contributed by atoms with Crippen molar-refractivity contribution in [3.63, 3.8) is 0 Å². The van der Waals surface area contributed by atoms with Crippen LogP contribution in [0.3, 0.4) is 0 Å². The number of nitrogens with zero attached hydrogens (tertiary/aromatic N) is 2. The van der Waals surface area contributed by atoms with Crippen molar-refractivity contribution >= 4 is 5.52 Å². The molecular formula is C9H9FN2O. The molecule has 0 saturated heterocycles. The van der Waals surface area contributed by atoms with E-state index in [0.717, 1.165) is 0 Å². The lowest BCUT2D eigenvalue weighted by Gasteiger charge is -1.99. The van der Waals surface area contributed by atoms with Gasteiger partial charge in [-0.05, 0) is 12.1 Å². The molecule has 0 aliphatic heterocycles. The predicted octanol–water partition coefficient (Wildman–Crippen LogP) is 1.01. The molecule has 2 heterocycles. The van der Waals surface area contributed by atoms with Crippen LogP contribution >= 0.6 is 0 Å². The fourth-order valence-electron chi connectivity index (χ4n) is 1.35. The van der Waals surface area contributed by atoms with E-state index in [2.05, 4.69) is 4.98 Å². The summed E-state index contributed by atoms with van der Waals surface area (Å²) in [6.07, 6.45) is 1.96. The molecule has 68 valence electrons. The summed E-state index contributed by atoms with van der Waals surface area (Å²) in [4.78, 5) is 4.01. The molecule has 2 rings (SSSR count). The van der Waals surface area contributed by atoms with Gasteiger partial charge in [-0.2, -0.15) is 4.39 Å². The summed E-state index contributed by atoms with van der Waals surface area (Å²) in [5, 5.41) is 8.71. The van der Waals surface area contributed by atoms with Gasteiger partial charge < -0.3 is 5.11 Å². The second-order valence-corrected chi connectivity index (χ2v) is 2.76. The number of halogens is 1. The number of aliphatic hydroxyl groups excluding tert-OH is 1. The smallest absolute Gasteiger partial charge is 0.199 e. The average Bonchev–Trinajstić information content (AvgIpc) is 2.51. The Kier molecular flexibility index (Phi) is 1.98. The summed E-state index contributed by atoms with van der Waals surface area (Å²) in [6.45, 7) is -0.0204. The largest absolute Gasteiger partial charge is 0.396 e. The number of imidazole rings is 1. The second-order valence-electron chi connectivity index (χ2n) is 2.76. The van der Waals surface area contributed by atoms with Crippen LogP contribution in [0.4, 0.5) is 4.39 Å². The summed E-state index contributed by atoms with van der Waals surface area (Å²) in [7, 11) is 0. The van der Waals surface area contributed by atoms with Crippen LogP contribution in [-0.4, -0.2) is 21.1 Å². The Morgan fingerprint density at radius 2 is 2.31 bits per heavy atom. The zero-order valence-electron chi connectivity index (χ0n) is 6.94. The highest BCUT2D eigenvalue weighted by atomic mass is 19.1. The molecule has 0 aliphatic rings. The highest BCUT2D eigenvalue weighted by Gasteiger charge is 2.05. The van der Waals surface area contributed by atoms with Crippen LogP contribution in [0.25, 0.3) is 5.52 Å². The van der Waals surface area contributed by atoms with Gasteiger partial charge in [0.05, 0.1) is 18.3 Å². The van der Waals surface area contributed by atoms with Gasteiger partial charge in [-0.1, -0.05) is 6.07 Å². The van der Waals surface area contributed by atoms with Crippen molar-refractivity contribution in [3.05, 3.63) is 36.2 Å². The number of rotatable bonds is 2. The molecule has 0 spiro atoms. The summed E-state index contributed by atoms with van der Waals surface area (Å²) in [5.41, 5.74) is 0.712. The first kappa shape index (κ1) is 8.19. The molecule has 0 unspecified atom stereocenters. The maximum atomic E-state index is 13.2. The third-order valence-electron chi connectivity index (χ3n) is 1.91. The molecule has 4 heteroatoms. The Balaban J connectivity index is 2.64. The Labute approximate surface area is 74.5 Å². The summed E-state index contributed by atoms with van der Waals surface area (Å²) in [6, 6.07) is 4.78. The van der Waals surface area contributed by atoms with Gasteiger partial charge in [-0.3, -0.25) is 4.40 Å². The number of pyridine rings is 1. The van der Waals surface area contributed by atoms with Gasteiger partial charge in [0.2, 0.25) is 0 Å². The lowest BCUT2D eigenvalue weighted by atomic mass is 10.4. The van der Waals surface area contributed by atoms with Crippen LogP contribution in [-0.2, 0) is 6.42 Å². The van der Waals surface area contributed by atoms with Crippen molar-refractivity contribution < 1.29 is 9.50 Å².